The summed E-state index contributed by atoms with van der Waals surface area (Å²) in [6, 6.07) is 13.2. The number of benzene rings is 2. The van der Waals surface area contributed by atoms with Crippen LogP contribution in [0, 0.1) is 0 Å². The Morgan fingerprint density at radius 1 is 1.19 bits per heavy atom. The summed E-state index contributed by atoms with van der Waals surface area (Å²) in [6.45, 7) is 0.541. The maximum absolute atomic E-state index is 6.00. The average molecular weight is 365 g/mol. The first-order valence-electron chi connectivity index (χ1n) is 6.19. The zero-order chi connectivity index (χ0) is 14.8. The van der Waals surface area contributed by atoms with Crippen molar-refractivity contribution < 1.29 is 0 Å². The van der Waals surface area contributed by atoms with E-state index in [2.05, 4.69) is 31.5 Å². The fourth-order valence-corrected chi connectivity index (χ4v) is 2.47. The second kappa shape index (κ2) is 5.83. The summed E-state index contributed by atoms with van der Waals surface area (Å²) in [4.78, 5) is 0. The first-order chi connectivity index (χ1) is 10.1. The Morgan fingerprint density at radius 2 is 2.05 bits per heavy atom. The number of aromatic nitrogens is 4. The average Bonchev–Trinajstić information content (AvgIpc) is 2.90. The Kier molecular flexibility index (Phi) is 3.90. The van der Waals surface area contributed by atoms with Crippen LogP contribution in [0.4, 0.5) is 5.69 Å². The third-order valence-corrected chi connectivity index (χ3v) is 3.96. The molecule has 3 rings (SSSR count). The number of hydrogen-bond acceptors (Lipinski definition) is 4. The predicted molar refractivity (Wildman–Crippen MR) is 85.9 cm³/mol. The van der Waals surface area contributed by atoms with Gasteiger partial charge in [-0.3, -0.25) is 0 Å². The molecule has 0 aliphatic heterocycles. The minimum Gasteiger partial charge on any atom is -0.398 e. The summed E-state index contributed by atoms with van der Waals surface area (Å²) in [5.41, 5.74) is 8.44. The van der Waals surface area contributed by atoms with Gasteiger partial charge in [0.25, 0.3) is 0 Å². The summed E-state index contributed by atoms with van der Waals surface area (Å²) in [6.07, 6.45) is 0. The minimum atomic E-state index is 0.541. The van der Waals surface area contributed by atoms with E-state index in [1.54, 1.807) is 4.68 Å². The van der Waals surface area contributed by atoms with Crippen molar-refractivity contribution in [3.63, 3.8) is 0 Å². The SMILES string of the molecule is Nc1cc(-c2nnnn2Cc2cccc(Cl)c2)ccc1Br. The molecular weight excluding hydrogens is 354 g/mol. The molecule has 106 valence electrons. The molecule has 0 aliphatic carbocycles. The van der Waals surface area contributed by atoms with Crippen molar-refractivity contribution in [2.45, 2.75) is 6.54 Å². The number of nitrogens with zero attached hydrogens (tertiary/aromatic N) is 4. The molecule has 1 aromatic heterocycles. The smallest absolute Gasteiger partial charge is 0.182 e. The van der Waals surface area contributed by atoms with E-state index in [0.717, 1.165) is 15.6 Å². The highest BCUT2D eigenvalue weighted by molar-refractivity contribution is 9.10. The van der Waals surface area contributed by atoms with E-state index < -0.39 is 0 Å². The van der Waals surface area contributed by atoms with Crippen LogP contribution in [0.2, 0.25) is 5.02 Å². The second-order valence-corrected chi connectivity index (χ2v) is 5.82. The number of tetrazole rings is 1. The number of hydrogen-bond donors (Lipinski definition) is 1. The predicted octanol–water partition coefficient (Wildman–Crippen LogP) is 3.39. The number of nitrogen functional groups attached to an aromatic ring is 1. The quantitative estimate of drug-likeness (QED) is 0.723. The molecule has 0 saturated heterocycles. The molecule has 1 heterocycles. The van der Waals surface area contributed by atoms with Crippen LogP contribution in [0.5, 0.6) is 0 Å². The van der Waals surface area contributed by atoms with E-state index >= 15 is 0 Å². The molecule has 2 aromatic carbocycles. The van der Waals surface area contributed by atoms with Crippen LogP contribution in [0.15, 0.2) is 46.9 Å². The van der Waals surface area contributed by atoms with Crippen molar-refractivity contribution in [3.8, 4) is 11.4 Å². The van der Waals surface area contributed by atoms with Gasteiger partial charge in [0.2, 0.25) is 0 Å². The van der Waals surface area contributed by atoms with Gasteiger partial charge in [0.1, 0.15) is 0 Å². The van der Waals surface area contributed by atoms with Crippen LogP contribution in [0.1, 0.15) is 5.56 Å². The minimum absolute atomic E-state index is 0.541. The molecule has 5 nitrogen and oxygen atoms in total. The van der Waals surface area contributed by atoms with Gasteiger partial charge in [0.15, 0.2) is 5.82 Å². The second-order valence-electron chi connectivity index (χ2n) is 4.53. The number of anilines is 1. The van der Waals surface area contributed by atoms with Crippen LogP contribution < -0.4 is 5.73 Å². The van der Waals surface area contributed by atoms with E-state index in [0.29, 0.717) is 23.1 Å². The lowest BCUT2D eigenvalue weighted by Crippen LogP contribution is -2.04. The molecule has 0 radical (unpaired) electrons. The standard InChI is InChI=1S/C14H11BrClN5/c15-12-5-4-10(7-13(12)17)14-18-19-20-21(14)8-9-2-1-3-11(16)6-9/h1-7H,8,17H2. The molecule has 0 saturated carbocycles. The molecular formula is C14H11BrClN5. The van der Waals surface area contributed by atoms with Crippen LogP contribution >= 0.6 is 27.5 Å². The highest BCUT2D eigenvalue weighted by Crippen LogP contribution is 2.25. The summed E-state index contributed by atoms with van der Waals surface area (Å²) in [5.74, 6) is 0.661. The van der Waals surface area contributed by atoms with Crippen molar-refractivity contribution in [2.24, 2.45) is 0 Å². The molecule has 0 atom stereocenters. The van der Waals surface area contributed by atoms with Crippen molar-refractivity contribution in [1.82, 2.24) is 20.2 Å². The Morgan fingerprint density at radius 3 is 2.81 bits per heavy atom. The molecule has 0 bridgehead atoms. The maximum Gasteiger partial charge on any atom is 0.182 e. The van der Waals surface area contributed by atoms with Crippen LogP contribution in [-0.4, -0.2) is 20.2 Å². The largest absolute Gasteiger partial charge is 0.398 e. The van der Waals surface area contributed by atoms with Crippen molar-refractivity contribution >= 4 is 33.2 Å². The molecule has 0 unspecified atom stereocenters. The maximum atomic E-state index is 6.00. The van der Waals surface area contributed by atoms with Gasteiger partial charge in [-0.15, -0.1) is 5.10 Å². The monoisotopic (exact) mass is 363 g/mol. The van der Waals surface area contributed by atoms with Gasteiger partial charge in [-0.2, -0.15) is 0 Å². The van der Waals surface area contributed by atoms with Gasteiger partial charge >= 0.3 is 0 Å². The Bertz CT molecular complexity index is 787. The molecule has 3 aromatic rings. The lowest BCUT2D eigenvalue weighted by atomic mass is 10.2. The van der Waals surface area contributed by atoms with Gasteiger partial charge in [0, 0.05) is 20.7 Å². The molecule has 2 N–H and O–H groups in total. The highest BCUT2D eigenvalue weighted by atomic mass is 79.9. The molecule has 0 fully saturated rings. The van der Waals surface area contributed by atoms with E-state index in [4.69, 9.17) is 17.3 Å². The molecule has 0 spiro atoms. The van der Waals surface area contributed by atoms with Gasteiger partial charge in [-0.1, -0.05) is 23.7 Å². The van der Waals surface area contributed by atoms with E-state index in [-0.39, 0.29) is 0 Å². The third-order valence-electron chi connectivity index (χ3n) is 3.01. The van der Waals surface area contributed by atoms with Crippen LogP contribution in [-0.2, 0) is 6.54 Å². The molecule has 0 aliphatic rings. The lowest BCUT2D eigenvalue weighted by Gasteiger charge is -2.06. The molecule has 0 amide bonds. The van der Waals surface area contributed by atoms with E-state index in [1.807, 2.05) is 42.5 Å². The van der Waals surface area contributed by atoms with Gasteiger partial charge in [0.05, 0.1) is 6.54 Å². The lowest BCUT2D eigenvalue weighted by molar-refractivity contribution is 0.653. The number of nitrogens with two attached hydrogens (primary N) is 1. The van der Waals surface area contributed by atoms with Crippen molar-refractivity contribution in [2.75, 3.05) is 5.73 Å². The van der Waals surface area contributed by atoms with Crippen LogP contribution in [0.3, 0.4) is 0 Å². The normalized spacial score (nSPS) is 10.8. The third kappa shape index (κ3) is 3.06. The Hall–Kier alpha value is -1.92. The number of halogens is 2. The number of rotatable bonds is 3. The zero-order valence-corrected chi connectivity index (χ0v) is 13.2. The first-order valence-corrected chi connectivity index (χ1v) is 7.36. The van der Waals surface area contributed by atoms with Crippen LogP contribution in [0.25, 0.3) is 11.4 Å². The fourth-order valence-electron chi connectivity index (χ4n) is 2.01. The topological polar surface area (TPSA) is 69.6 Å². The molecule has 21 heavy (non-hydrogen) atoms. The van der Waals surface area contributed by atoms with E-state index in [1.165, 1.54) is 0 Å². The van der Waals surface area contributed by atoms with Gasteiger partial charge < -0.3 is 5.73 Å². The Labute approximate surface area is 134 Å². The van der Waals surface area contributed by atoms with Gasteiger partial charge in [-0.25, -0.2) is 4.68 Å². The van der Waals surface area contributed by atoms with E-state index in [9.17, 15) is 0 Å². The molecule has 7 heteroatoms. The van der Waals surface area contributed by atoms with Crippen molar-refractivity contribution in [3.05, 3.63) is 57.5 Å². The highest BCUT2D eigenvalue weighted by Gasteiger charge is 2.10. The fraction of sp³-hybridized carbons (Fsp3) is 0.0714. The summed E-state index contributed by atoms with van der Waals surface area (Å²) >= 11 is 9.37. The van der Waals surface area contributed by atoms with Gasteiger partial charge in [-0.05, 0) is 62.3 Å². The summed E-state index contributed by atoms with van der Waals surface area (Å²) in [7, 11) is 0. The van der Waals surface area contributed by atoms with Crippen molar-refractivity contribution in [1.29, 1.82) is 0 Å². The first kappa shape index (κ1) is 14.0. The zero-order valence-electron chi connectivity index (χ0n) is 10.9. The summed E-state index contributed by atoms with van der Waals surface area (Å²) in [5, 5.41) is 12.5. The Balaban J connectivity index is 1.95. The summed E-state index contributed by atoms with van der Waals surface area (Å²) < 4.78 is 2.56.